The fourth-order valence-corrected chi connectivity index (χ4v) is 5.16. The van der Waals surface area contributed by atoms with Crippen molar-refractivity contribution < 1.29 is 14.8 Å². The Labute approximate surface area is 222 Å². The Kier molecular flexibility index (Phi) is 7.15. The summed E-state index contributed by atoms with van der Waals surface area (Å²) in [5, 5.41) is 6.19. The molecule has 1 fully saturated rings. The molecule has 6 bridgehead atoms. The van der Waals surface area contributed by atoms with E-state index in [0.29, 0.717) is 30.4 Å². The van der Waals surface area contributed by atoms with Gasteiger partial charge in [-0.3, -0.25) is 4.79 Å². The Hall–Kier alpha value is -4.01. The summed E-state index contributed by atoms with van der Waals surface area (Å²) in [6, 6.07) is 16.3. The minimum Gasteiger partial charge on any atom is -0.487 e. The number of piperidine rings is 1. The number of benzene rings is 2. The zero-order valence-corrected chi connectivity index (χ0v) is 21.5. The van der Waals surface area contributed by atoms with E-state index in [0.717, 1.165) is 48.6 Å². The highest BCUT2D eigenvalue weighted by Gasteiger charge is 2.16. The van der Waals surface area contributed by atoms with Crippen molar-refractivity contribution in [3.05, 3.63) is 73.1 Å². The lowest BCUT2D eigenvalue weighted by atomic mass is 10.1. The first-order valence-electron chi connectivity index (χ1n) is 13.4. The number of nitrogens with zero attached hydrogens (tertiary/aromatic N) is 4. The van der Waals surface area contributed by atoms with Crippen LogP contribution >= 0.6 is 0 Å². The van der Waals surface area contributed by atoms with Crippen molar-refractivity contribution in [3.63, 3.8) is 0 Å². The lowest BCUT2D eigenvalue weighted by Gasteiger charge is -2.26. The maximum absolute atomic E-state index is 12.8. The number of rotatable bonds is 4. The van der Waals surface area contributed by atoms with Crippen molar-refractivity contribution in [2.45, 2.75) is 32.2 Å². The fourth-order valence-electron chi connectivity index (χ4n) is 5.16. The van der Waals surface area contributed by atoms with E-state index in [1.54, 1.807) is 6.20 Å². The number of fused-ring (bicyclic) bond motifs is 6. The van der Waals surface area contributed by atoms with Crippen LogP contribution < -0.4 is 15.4 Å². The summed E-state index contributed by atoms with van der Waals surface area (Å²) >= 11 is 0. The predicted octanol–water partition coefficient (Wildman–Crippen LogP) is 4.39. The summed E-state index contributed by atoms with van der Waals surface area (Å²) in [6.45, 7) is 4.09. The molecule has 4 aromatic rings. The lowest BCUT2D eigenvalue weighted by molar-refractivity contribution is -0.487. The van der Waals surface area contributed by atoms with Crippen molar-refractivity contribution in [3.8, 4) is 17.0 Å². The van der Waals surface area contributed by atoms with Gasteiger partial charge in [0.2, 0.25) is 5.91 Å². The van der Waals surface area contributed by atoms with Crippen molar-refractivity contribution in [1.29, 1.82) is 0 Å². The van der Waals surface area contributed by atoms with Crippen LogP contribution in [0.1, 0.15) is 25.7 Å². The molecule has 2 aliphatic heterocycles. The van der Waals surface area contributed by atoms with E-state index in [1.807, 2.05) is 35.7 Å². The zero-order valence-electron chi connectivity index (χ0n) is 21.5. The van der Waals surface area contributed by atoms with E-state index in [4.69, 9.17) is 9.72 Å². The van der Waals surface area contributed by atoms with Gasteiger partial charge in [0.1, 0.15) is 18.0 Å². The number of hydrogen-bond acceptors (Lipinski definition) is 5. The first-order valence-corrected chi connectivity index (χ1v) is 13.4. The molecule has 2 aromatic heterocycles. The number of quaternary nitrogens is 1. The van der Waals surface area contributed by atoms with Gasteiger partial charge in [-0.05, 0) is 61.7 Å². The number of carbonyl (C=O) groups is 1. The molecule has 3 N–H and O–H groups in total. The zero-order chi connectivity index (χ0) is 25.7. The molecule has 0 aliphatic carbocycles. The van der Waals surface area contributed by atoms with Crippen molar-refractivity contribution >= 4 is 34.1 Å². The van der Waals surface area contributed by atoms with E-state index in [-0.39, 0.29) is 5.91 Å². The van der Waals surface area contributed by atoms with Crippen LogP contribution in [0.15, 0.2) is 73.1 Å². The number of likely N-dealkylation sites (tertiary alicyclic amines) is 1. The maximum atomic E-state index is 12.8. The van der Waals surface area contributed by atoms with E-state index < -0.39 is 0 Å². The number of hydrogen-bond donors (Lipinski definition) is 2. The highest BCUT2D eigenvalue weighted by atomic mass is 16.5. The third-order valence-electron chi connectivity index (χ3n) is 7.23. The molecule has 0 saturated carbocycles. The van der Waals surface area contributed by atoms with Gasteiger partial charge in [-0.25, -0.2) is 5.32 Å². The Bertz CT molecular complexity index is 1470. The average Bonchev–Trinajstić information content (AvgIpc) is 3.35. The Balaban J connectivity index is 1.25. The van der Waals surface area contributed by atoms with Gasteiger partial charge in [0.05, 0.1) is 11.4 Å². The van der Waals surface area contributed by atoms with Gasteiger partial charge in [0.25, 0.3) is 0 Å². The van der Waals surface area contributed by atoms with Crippen LogP contribution in [0.25, 0.3) is 22.2 Å². The highest BCUT2D eigenvalue weighted by Crippen LogP contribution is 2.28. The Morgan fingerprint density at radius 1 is 1.03 bits per heavy atom. The second-order valence-electron chi connectivity index (χ2n) is 9.92. The third kappa shape index (κ3) is 5.61. The molecule has 6 rings (SSSR count). The minimum absolute atomic E-state index is 0.00337. The second kappa shape index (κ2) is 11.2. The summed E-state index contributed by atoms with van der Waals surface area (Å²) in [6.07, 6.45) is 12.2. The largest absolute Gasteiger partial charge is 0.487 e. The van der Waals surface area contributed by atoms with E-state index in [2.05, 4.69) is 56.3 Å². The normalized spacial score (nSPS) is 16.7. The predicted molar refractivity (Wildman–Crippen MR) is 149 cm³/mol. The summed E-state index contributed by atoms with van der Waals surface area (Å²) in [7, 11) is 0. The van der Waals surface area contributed by atoms with E-state index in [1.165, 1.54) is 24.6 Å². The molecule has 2 aromatic carbocycles. The Morgan fingerprint density at radius 3 is 2.87 bits per heavy atom. The maximum Gasteiger partial charge on any atom is 0.331 e. The number of aromatic nitrogens is 3. The molecule has 8 heteroatoms. The van der Waals surface area contributed by atoms with Crippen LogP contribution in [0.4, 0.5) is 17.3 Å². The first-order chi connectivity index (χ1) is 18.7. The summed E-state index contributed by atoms with van der Waals surface area (Å²) in [4.78, 5) is 24.4. The molecule has 8 nitrogen and oxygen atoms in total. The second-order valence-corrected chi connectivity index (χ2v) is 9.92. The number of anilines is 1. The molecule has 1 saturated heterocycles. The van der Waals surface area contributed by atoms with Crippen molar-refractivity contribution in [1.82, 2.24) is 19.4 Å². The van der Waals surface area contributed by atoms with E-state index >= 15 is 0 Å². The molecule has 38 heavy (non-hydrogen) atoms. The monoisotopic (exact) mass is 509 g/mol. The number of nitrogens with one attached hydrogen (secondary N) is 1. The van der Waals surface area contributed by atoms with Crippen LogP contribution in [-0.4, -0.2) is 51.6 Å². The third-order valence-corrected chi connectivity index (χ3v) is 7.23. The first kappa shape index (κ1) is 24.3. The number of allylic oxidation sites excluding steroid dienone is 1. The SMILES string of the molecule is O=C(CCN1CCCCC1)Nc1ccc2cc1OC/C=C\Cn1ccc3ccc(cc31)-c1ccnc(n1)[NH2+]2. The van der Waals surface area contributed by atoms with Crippen molar-refractivity contribution in [2.24, 2.45) is 0 Å². The summed E-state index contributed by atoms with van der Waals surface area (Å²) < 4.78 is 8.36. The molecule has 0 unspecified atom stereocenters. The number of carbonyl (C=O) groups excluding carboxylic acids is 1. The Morgan fingerprint density at radius 2 is 1.95 bits per heavy atom. The quantitative estimate of drug-likeness (QED) is 0.315. The van der Waals surface area contributed by atoms with Crippen LogP contribution in [-0.2, 0) is 11.3 Å². The lowest BCUT2D eigenvalue weighted by Crippen LogP contribution is -2.72. The highest BCUT2D eigenvalue weighted by molar-refractivity contribution is 5.92. The van der Waals surface area contributed by atoms with Gasteiger partial charge in [0.15, 0.2) is 0 Å². The smallest absolute Gasteiger partial charge is 0.331 e. The number of nitrogens with two attached hydrogens (primary N) is 1. The number of ether oxygens (including phenoxy) is 1. The standard InChI is InChI=1S/C30H32N6O2/c37-29(12-17-35-14-2-1-3-15-35)33-26-9-8-24-21-28(26)38-19-5-4-16-36-18-11-22-6-7-23(20-27(22)36)25-10-13-31-30(32-24)34-25/h4-11,13,18,20-21H,1-3,12,14-17,19H2,(H,33,37)(H,31,32,34)/p+1/b5-4-. The van der Waals surface area contributed by atoms with Crippen molar-refractivity contribution in [2.75, 3.05) is 31.6 Å². The summed E-state index contributed by atoms with van der Waals surface area (Å²) in [5.74, 6) is 1.25. The van der Waals surface area contributed by atoms with Gasteiger partial charge in [-0.1, -0.05) is 24.6 Å². The van der Waals surface area contributed by atoms with E-state index in [9.17, 15) is 4.79 Å². The average molecular weight is 510 g/mol. The van der Waals surface area contributed by atoms with Gasteiger partial charge in [-0.2, -0.15) is 9.97 Å². The van der Waals surface area contributed by atoms with Gasteiger partial charge in [0, 0.05) is 55.1 Å². The van der Waals surface area contributed by atoms with Gasteiger partial charge < -0.3 is 19.5 Å². The van der Waals surface area contributed by atoms with Gasteiger partial charge >= 0.3 is 5.95 Å². The molecule has 194 valence electrons. The molecule has 0 spiro atoms. The number of amides is 1. The minimum atomic E-state index is 0.00337. The fraction of sp³-hybridized carbons (Fsp3) is 0.300. The van der Waals surface area contributed by atoms with Crippen LogP contribution in [0.3, 0.4) is 0 Å². The summed E-state index contributed by atoms with van der Waals surface area (Å²) in [5.41, 5.74) is 4.67. The molecular formula is C30H33N6O2+. The molecule has 0 radical (unpaired) electrons. The molecule has 0 atom stereocenters. The molecule has 4 heterocycles. The van der Waals surface area contributed by atoms with Crippen LogP contribution in [0, 0.1) is 0 Å². The topological polar surface area (TPSA) is 88.9 Å². The molecule has 2 aliphatic rings. The van der Waals surface area contributed by atoms with Crippen LogP contribution in [0.5, 0.6) is 5.75 Å². The molecule has 1 amide bonds. The molecular weight excluding hydrogens is 476 g/mol. The van der Waals surface area contributed by atoms with Crippen LogP contribution in [0.2, 0.25) is 0 Å². The van der Waals surface area contributed by atoms with Gasteiger partial charge in [-0.15, -0.1) is 0 Å².